The Balaban J connectivity index is 1.47. The predicted octanol–water partition coefficient (Wildman–Crippen LogP) is 0.824. The van der Waals surface area contributed by atoms with Crippen LogP contribution in [0.3, 0.4) is 0 Å². The molecular formula is C19H21N4O2+. The fourth-order valence-electron chi connectivity index (χ4n) is 3.52. The summed E-state index contributed by atoms with van der Waals surface area (Å²) in [5, 5.41) is 2.97. The van der Waals surface area contributed by atoms with Gasteiger partial charge in [0.25, 0.3) is 5.91 Å². The zero-order chi connectivity index (χ0) is 17.4. The first-order chi connectivity index (χ1) is 12.1. The summed E-state index contributed by atoms with van der Waals surface area (Å²) in [7, 11) is 0. The molecule has 0 fully saturated rings. The highest BCUT2D eigenvalue weighted by atomic mass is 16.2. The monoisotopic (exact) mass is 337 g/mol. The van der Waals surface area contributed by atoms with Crippen molar-refractivity contribution >= 4 is 22.6 Å². The van der Waals surface area contributed by atoms with Crippen molar-refractivity contribution in [3.8, 4) is 0 Å². The fraction of sp³-hybridized carbons (Fsp3) is 0.263. The van der Waals surface area contributed by atoms with Gasteiger partial charge in [0.15, 0.2) is 6.04 Å². The highest BCUT2D eigenvalue weighted by molar-refractivity contribution is 5.95. The molecule has 1 unspecified atom stereocenters. The molecule has 6 heteroatoms. The number of fused-ring (bicyclic) bond motifs is 2. The molecule has 1 aliphatic heterocycles. The quantitative estimate of drug-likeness (QED) is 0.571. The van der Waals surface area contributed by atoms with Crippen LogP contribution in [-0.4, -0.2) is 28.5 Å². The maximum Gasteiger partial charge on any atom is 0.323 e. The number of amides is 1. The van der Waals surface area contributed by atoms with Crippen LogP contribution in [0.25, 0.3) is 11.0 Å². The second kappa shape index (κ2) is 6.22. The standard InChI is InChI=1S/C19H20N4O2/c1-12(23-9-8-13-4-2-3-5-14(13)11-23)18(24)20-15-6-7-16-17(10-15)22-19(25)21-16/h2-7,10,12H,8-9,11H2,1H3,(H,20,24)(H2,21,22,25)/p+1/t12-/m0/s1. The summed E-state index contributed by atoms with van der Waals surface area (Å²) < 4.78 is 0. The summed E-state index contributed by atoms with van der Waals surface area (Å²) >= 11 is 0. The van der Waals surface area contributed by atoms with Gasteiger partial charge in [-0.25, -0.2) is 4.79 Å². The van der Waals surface area contributed by atoms with Gasteiger partial charge in [0.2, 0.25) is 0 Å². The van der Waals surface area contributed by atoms with Crippen LogP contribution < -0.4 is 15.9 Å². The van der Waals surface area contributed by atoms with Crippen LogP contribution >= 0.6 is 0 Å². The van der Waals surface area contributed by atoms with Crippen LogP contribution in [0.15, 0.2) is 47.3 Å². The molecule has 2 atom stereocenters. The molecule has 4 N–H and O–H groups in total. The average molecular weight is 337 g/mol. The van der Waals surface area contributed by atoms with Crippen molar-refractivity contribution in [2.75, 3.05) is 11.9 Å². The number of aromatic nitrogens is 2. The second-order valence-electron chi connectivity index (χ2n) is 6.65. The van der Waals surface area contributed by atoms with Crippen LogP contribution in [0.5, 0.6) is 0 Å². The molecule has 0 saturated carbocycles. The lowest BCUT2D eigenvalue weighted by Gasteiger charge is -2.30. The van der Waals surface area contributed by atoms with Crippen molar-refractivity contribution in [2.24, 2.45) is 0 Å². The molecule has 0 spiro atoms. The number of aromatic amines is 2. The highest BCUT2D eigenvalue weighted by Gasteiger charge is 2.28. The Morgan fingerprint density at radius 2 is 1.88 bits per heavy atom. The molecule has 128 valence electrons. The van der Waals surface area contributed by atoms with E-state index in [4.69, 9.17) is 0 Å². The van der Waals surface area contributed by atoms with E-state index in [-0.39, 0.29) is 17.6 Å². The number of benzene rings is 2. The van der Waals surface area contributed by atoms with Crippen LogP contribution in [0.1, 0.15) is 18.1 Å². The Labute approximate surface area is 144 Å². The van der Waals surface area contributed by atoms with Gasteiger partial charge in [-0.2, -0.15) is 0 Å². The van der Waals surface area contributed by atoms with Crippen molar-refractivity contribution in [2.45, 2.75) is 25.9 Å². The molecule has 1 amide bonds. The van der Waals surface area contributed by atoms with E-state index in [1.807, 2.05) is 6.92 Å². The van der Waals surface area contributed by atoms with Gasteiger partial charge in [-0.05, 0) is 30.7 Å². The summed E-state index contributed by atoms with van der Waals surface area (Å²) in [6.45, 7) is 3.79. The first-order valence-corrected chi connectivity index (χ1v) is 8.54. The molecule has 1 aliphatic rings. The number of hydrogen-bond donors (Lipinski definition) is 4. The summed E-state index contributed by atoms with van der Waals surface area (Å²) in [6.07, 6.45) is 1.000. The first-order valence-electron chi connectivity index (χ1n) is 8.54. The molecule has 25 heavy (non-hydrogen) atoms. The number of anilines is 1. The van der Waals surface area contributed by atoms with Crippen LogP contribution in [0.2, 0.25) is 0 Å². The summed E-state index contributed by atoms with van der Waals surface area (Å²) in [5.41, 5.74) is 4.58. The largest absolute Gasteiger partial charge is 0.323 e. The topological polar surface area (TPSA) is 82.2 Å². The lowest BCUT2D eigenvalue weighted by atomic mass is 9.99. The zero-order valence-corrected chi connectivity index (χ0v) is 14.1. The Bertz CT molecular complexity index is 988. The number of H-pyrrole nitrogens is 2. The maximum atomic E-state index is 12.7. The molecule has 3 aromatic rings. The van der Waals surface area contributed by atoms with Gasteiger partial charge in [-0.15, -0.1) is 0 Å². The first kappa shape index (κ1) is 15.7. The number of nitrogens with one attached hydrogen (secondary N) is 4. The average Bonchev–Trinajstić information content (AvgIpc) is 3.00. The molecular weight excluding hydrogens is 316 g/mol. The van der Waals surface area contributed by atoms with Gasteiger partial charge in [-0.1, -0.05) is 24.3 Å². The van der Waals surface area contributed by atoms with E-state index in [1.165, 1.54) is 16.0 Å². The Hall–Kier alpha value is -2.86. The Morgan fingerprint density at radius 3 is 2.72 bits per heavy atom. The normalized spacial score (nSPS) is 17.9. The Kier molecular flexibility index (Phi) is 3.89. The minimum Gasteiger partial charge on any atom is -0.321 e. The molecule has 0 radical (unpaired) electrons. The second-order valence-corrected chi connectivity index (χ2v) is 6.65. The van der Waals surface area contributed by atoms with Gasteiger partial charge in [0.05, 0.1) is 17.6 Å². The lowest BCUT2D eigenvalue weighted by molar-refractivity contribution is -0.929. The SMILES string of the molecule is C[C@@H](C(=O)Nc1ccc2[nH]c(=O)[nH]c2c1)[NH+]1CCc2ccccc2C1. The van der Waals surface area contributed by atoms with Crippen LogP contribution in [0.4, 0.5) is 5.69 Å². The summed E-state index contributed by atoms with van der Waals surface area (Å²) in [4.78, 5) is 30.7. The third kappa shape index (κ3) is 3.08. The van der Waals surface area contributed by atoms with Crippen molar-refractivity contribution in [3.63, 3.8) is 0 Å². The zero-order valence-electron chi connectivity index (χ0n) is 14.1. The fourth-order valence-corrected chi connectivity index (χ4v) is 3.52. The smallest absolute Gasteiger partial charge is 0.321 e. The molecule has 6 nitrogen and oxygen atoms in total. The van der Waals surface area contributed by atoms with E-state index in [1.54, 1.807) is 18.2 Å². The third-order valence-electron chi connectivity index (χ3n) is 5.04. The van der Waals surface area contributed by atoms with Gasteiger partial charge in [0.1, 0.15) is 6.54 Å². The predicted molar refractivity (Wildman–Crippen MR) is 96.7 cm³/mol. The van der Waals surface area contributed by atoms with E-state index >= 15 is 0 Å². The maximum absolute atomic E-state index is 12.7. The van der Waals surface area contributed by atoms with Crippen molar-refractivity contribution < 1.29 is 9.69 Å². The minimum atomic E-state index is -0.247. The van der Waals surface area contributed by atoms with Gasteiger partial charge in [0, 0.05) is 17.7 Å². The number of hydrogen-bond acceptors (Lipinski definition) is 2. The van der Waals surface area contributed by atoms with Crippen molar-refractivity contribution in [3.05, 3.63) is 64.1 Å². The molecule has 2 aromatic carbocycles. The number of rotatable bonds is 3. The number of imidazole rings is 1. The summed E-state index contributed by atoms with van der Waals surface area (Å²) in [5.74, 6) is -0.00777. The van der Waals surface area contributed by atoms with Crippen LogP contribution in [-0.2, 0) is 17.8 Å². The minimum absolute atomic E-state index is 0.00777. The van der Waals surface area contributed by atoms with E-state index in [0.29, 0.717) is 11.2 Å². The molecule has 0 bridgehead atoms. The van der Waals surface area contributed by atoms with Crippen LogP contribution in [0, 0.1) is 0 Å². The number of quaternary nitrogens is 1. The van der Waals surface area contributed by atoms with E-state index in [0.717, 1.165) is 25.0 Å². The highest BCUT2D eigenvalue weighted by Crippen LogP contribution is 2.15. The summed E-state index contributed by atoms with van der Waals surface area (Å²) in [6, 6.07) is 13.7. The van der Waals surface area contributed by atoms with Crippen molar-refractivity contribution in [1.29, 1.82) is 0 Å². The van der Waals surface area contributed by atoms with Crippen molar-refractivity contribution in [1.82, 2.24) is 9.97 Å². The molecule has 1 aromatic heterocycles. The van der Waals surface area contributed by atoms with E-state index < -0.39 is 0 Å². The molecule has 0 saturated heterocycles. The lowest BCUT2D eigenvalue weighted by Crippen LogP contribution is -3.16. The van der Waals surface area contributed by atoms with E-state index in [9.17, 15) is 9.59 Å². The molecule has 2 heterocycles. The number of carbonyl (C=O) groups excluding carboxylic acids is 1. The van der Waals surface area contributed by atoms with E-state index in [2.05, 4.69) is 39.6 Å². The van der Waals surface area contributed by atoms with Gasteiger partial charge in [-0.3, -0.25) is 4.79 Å². The number of carbonyl (C=O) groups is 1. The van der Waals surface area contributed by atoms with Gasteiger partial charge >= 0.3 is 5.69 Å². The third-order valence-corrected chi connectivity index (χ3v) is 5.04. The molecule has 4 rings (SSSR count). The van der Waals surface area contributed by atoms with Gasteiger partial charge < -0.3 is 20.2 Å². The Morgan fingerprint density at radius 1 is 1.12 bits per heavy atom. The molecule has 0 aliphatic carbocycles.